The number of para-hydroxylation sites is 1. The van der Waals surface area contributed by atoms with Gasteiger partial charge in [-0.15, -0.1) is 0 Å². The third-order valence-corrected chi connectivity index (χ3v) is 4.90. The highest BCUT2D eigenvalue weighted by atomic mass is 16.6. The monoisotopic (exact) mass is 427 g/mol. The first-order valence-electron chi connectivity index (χ1n) is 10.6. The second kappa shape index (κ2) is 11.5. The maximum absolute atomic E-state index is 12.9. The Kier molecular flexibility index (Phi) is 9.06. The number of carbonyl (C=O) groups is 2. The molecule has 0 aliphatic carbocycles. The summed E-state index contributed by atoms with van der Waals surface area (Å²) in [5, 5.41) is 3.10. The first-order valence-corrected chi connectivity index (χ1v) is 10.6. The summed E-state index contributed by atoms with van der Waals surface area (Å²) >= 11 is 0. The normalized spacial score (nSPS) is 12.0. The van der Waals surface area contributed by atoms with E-state index in [1.54, 1.807) is 31.2 Å². The summed E-state index contributed by atoms with van der Waals surface area (Å²) < 4.78 is 15.5. The number of rotatable bonds is 10. The summed E-state index contributed by atoms with van der Waals surface area (Å²) in [5.41, 5.74) is 3.61. The van der Waals surface area contributed by atoms with Gasteiger partial charge in [0.15, 0.2) is 6.10 Å². The third-order valence-electron chi connectivity index (χ3n) is 4.90. The zero-order valence-electron chi connectivity index (χ0n) is 19.2. The van der Waals surface area contributed by atoms with E-state index >= 15 is 0 Å². The number of benzene rings is 2. The second-order valence-corrected chi connectivity index (χ2v) is 8.02. The van der Waals surface area contributed by atoms with Gasteiger partial charge in [0.05, 0.1) is 6.61 Å². The van der Waals surface area contributed by atoms with E-state index < -0.39 is 12.1 Å². The van der Waals surface area contributed by atoms with E-state index in [0.29, 0.717) is 17.9 Å². The van der Waals surface area contributed by atoms with E-state index in [-0.39, 0.29) is 24.3 Å². The molecule has 31 heavy (non-hydrogen) atoms. The lowest BCUT2D eigenvalue weighted by Gasteiger charge is -2.20. The summed E-state index contributed by atoms with van der Waals surface area (Å²) in [6.45, 7) is 10.6. The van der Waals surface area contributed by atoms with Gasteiger partial charge in [-0.25, -0.2) is 4.79 Å². The lowest BCUT2D eigenvalue weighted by molar-refractivity contribution is -0.152. The van der Waals surface area contributed by atoms with Gasteiger partial charge in [0.2, 0.25) is 0 Å². The average molecular weight is 428 g/mol. The number of carbonyl (C=O) groups excluding carboxylic acids is 2. The smallest absolute Gasteiger partial charge is 0.347 e. The molecule has 0 fully saturated rings. The average Bonchev–Trinajstić information content (AvgIpc) is 2.74. The fraction of sp³-hybridized carbons (Fsp3) is 0.440. The number of methoxy groups -OCH3 is 1. The Morgan fingerprint density at radius 1 is 0.871 bits per heavy atom. The van der Waals surface area contributed by atoms with Gasteiger partial charge in [0.1, 0.15) is 12.4 Å². The molecule has 0 heterocycles. The molecular weight excluding hydrogens is 394 g/mol. The van der Waals surface area contributed by atoms with E-state index in [4.69, 9.17) is 14.2 Å². The number of esters is 1. The topological polar surface area (TPSA) is 73.9 Å². The molecule has 1 amide bonds. The summed E-state index contributed by atoms with van der Waals surface area (Å²) in [7, 11) is 1.54. The maximum Gasteiger partial charge on any atom is 0.347 e. The Morgan fingerprint density at radius 2 is 1.45 bits per heavy atom. The predicted octanol–water partition coefficient (Wildman–Crippen LogP) is 5.14. The standard InChI is InChI=1S/C25H33NO5/c1-16(2)21-8-7-9-22(17(3)4)23(21)26-24(27)19-10-12-20(13-11-19)31-18(5)25(28)30-15-14-29-6/h7-13,16-18H,14-15H2,1-6H3,(H,26,27)/t18-/m0/s1. The quantitative estimate of drug-likeness (QED) is 0.420. The molecule has 0 unspecified atom stereocenters. The van der Waals surface area contributed by atoms with Crippen LogP contribution in [0.15, 0.2) is 42.5 Å². The van der Waals surface area contributed by atoms with Gasteiger partial charge in [0, 0.05) is 18.4 Å². The van der Waals surface area contributed by atoms with Crippen molar-refractivity contribution in [3.05, 3.63) is 59.2 Å². The minimum atomic E-state index is -0.761. The van der Waals surface area contributed by atoms with Crippen LogP contribution in [0.25, 0.3) is 0 Å². The molecule has 2 aromatic carbocycles. The minimum Gasteiger partial charge on any atom is -0.479 e. The molecule has 1 N–H and O–H groups in total. The molecule has 6 nitrogen and oxygen atoms in total. The first kappa shape index (κ1) is 24.4. The van der Waals surface area contributed by atoms with Gasteiger partial charge in [-0.05, 0) is 54.2 Å². The highest BCUT2D eigenvalue weighted by Gasteiger charge is 2.18. The summed E-state index contributed by atoms with van der Waals surface area (Å²) in [6, 6.07) is 12.8. The van der Waals surface area contributed by atoms with Crippen molar-refractivity contribution in [3.63, 3.8) is 0 Å². The molecule has 0 bridgehead atoms. The van der Waals surface area contributed by atoms with E-state index in [9.17, 15) is 9.59 Å². The Bertz CT molecular complexity index is 848. The molecule has 1 atom stereocenters. The number of anilines is 1. The zero-order valence-corrected chi connectivity index (χ0v) is 19.2. The van der Waals surface area contributed by atoms with Gasteiger partial charge < -0.3 is 19.5 Å². The van der Waals surface area contributed by atoms with E-state index in [1.165, 1.54) is 7.11 Å². The molecule has 6 heteroatoms. The molecule has 0 aromatic heterocycles. The molecule has 2 rings (SSSR count). The van der Waals surface area contributed by atoms with Crippen molar-refractivity contribution in [2.45, 2.75) is 52.6 Å². The Labute approximate surface area is 184 Å². The minimum absolute atomic E-state index is 0.179. The van der Waals surface area contributed by atoms with Crippen LogP contribution >= 0.6 is 0 Å². The Morgan fingerprint density at radius 3 is 1.97 bits per heavy atom. The fourth-order valence-electron chi connectivity index (χ4n) is 3.16. The highest BCUT2D eigenvalue weighted by molar-refractivity contribution is 6.05. The van der Waals surface area contributed by atoms with Crippen LogP contribution in [0, 0.1) is 0 Å². The molecule has 0 aliphatic heterocycles. The molecule has 0 aliphatic rings. The third kappa shape index (κ3) is 6.82. The van der Waals surface area contributed by atoms with E-state index in [2.05, 4.69) is 45.1 Å². The van der Waals surface area contributed by atoms with Crippen LogP contribution in [-0.4, -0.2) is 38.3 Å². The summed E-state index contributed by atoms with van der Waals surface area (Å²) in [4.78, 5) is 24.8. The SMILES string of the molecule is COCCOC(=O)[C@H](C)Oc1ccc(C(=O)Nc2c(C(C)C)cccc2C(C)C)cc1. The van der Waals surface area contributed by atoms with Gasteiger partial charge >= 0.3 is 5.97 Å². The Balaban J connectivity index is 2.09. The molecule has 0 saturated carbocycles. The van der Waals surface area contributed by atoms with Crippen LogP contribution in [-0.2, 0) is 14.3 Å². The molecule has 0 radical (unpaired) electrons. The maximum atomic E-state index is 12.9. The van der Waals surface area contributed by atoms with Crippen LogP contribution in [0.5, 0.6) is 5.75 Å². The van der Waals surface area contributed by atoms with Crippen molar-refractivity contribution in [1.82, 2.24) is 0 Å². The molecule has 168 valence electrons. The van der Waals surface area contributed by atoms with Gasteiger partial charge in [0.25, 0.3) is 5.91 Å². The van der Waals surface area contributed by atoms with Gasteiger partial charge in [-0.1, -0.05) is 45.9 Å². The van der Waals surface area contributed by atoms with Crippen molar-refractivity contribution in [2.75, 3.05) is 25.6 Å². The molecule has 2 aromatic rings. The molecule has 0 spiro atoms. The zero-order chi connectivity index (χ0) is 23.0. The summed E-state index contributed by atoms with van der Waals surface area (Å²) in [6.07, 6.45) is -0.761. The molecular formula is C25H33NO5. The summed E-state index contributed by atoms with van der Waals surface area (Å²) in [5.74, 6) is 0.405. The largest absolute Gasteiger partial charge is 0.479 e. The van der Waals surface area contributed by atoms with Crippen molar-refractivity contribution >= 4 is 17.6 Å². The second-order valence-electron chi connectivity index (χ2n) is 8.02. The van der Waals surface area contributed by atoms with Crippen LogP contribution < -0.4 is 10.1 Å². The lowest BCUT2D eigenvalue weighted by Crippen LogP contribution is -2.27. The van der Waals surface area contributed by atoms with Gasteiger partial charge in [-0.3, -0.25) is 4.79 Å². The van der Waals surface area contributed by atoms with Crippen LogP contribution in [0.3, 0.4) is 0 Å². The fourth-order valence-corrected chi connectivity index (χ4v) is 3.16. The number of amides is 1. The van der Waals surface area contributed by atoms with E-state index in [0.717, 1.165) is 16.8 Å². The van der Waals surface area contributed by atoms with Crippen molar-refractivity contribution in [3.8, 4) is 5.75 Å². The van der Waals surface area contributed by atoms with Crippen molar-refractivity contribution < 1.29 is 23.8 Å². The first-order chi connectivity index (χ1) is 14.7. The van der Waals surface area contributed by atoms with Crippen LogP contribution in [0.1, 0.15) is 67.9 Å². The Hall–Kier alpha value is -2.86. The van der Waals surface area contributed by atoms with Gasteiger partial charge in [-0.2, -0.15) is 0 Å². The number of hydrogen-bond acceptors (Lipinski definition) is 5. The highest BCUT2D eigenvalue weighted by Crippen LogP contribution is 2.32. The van der Waals surface area contributed by atoms with Crippen LogP contribution in [0.4, 0.5) is 5.69 Å². The number of hydrogen-bond donors (Lipinski definition) is 1. The van der Waals surface area contributed by atoms with Crippen molar-refractivity contribution in [1.29, 1.82) is 0 Å². The number of ether oxygens (including phenoxy) is 3. The van der Waals surface area contributed by atoms with E-state index in [1.807, 2.05) is 6.07 Å². The number of nitrogens with one attached hydrogen (secondary N) is 1. The lowest BCUT2D eigenvalue weighted by atomic mass is 9.92. The van der Waals surface area contributed by atoms with Crippen LogP contribution in [0.2, 0.25) is 0 Å². The predicted molar refractivity (Wildman–Crippen MR) is 122 cm³/mol. The molecule has 0 saturated heterocycles. The van der Waals surface area contributed by atoms with Crippen molar-refractivity contribution in [2.24, 2.45) is 0 Å².